The lowest BCUT2D eigenvalue weighted by Gasteiger charge is -2.29. The van der Waals surface area contributed by atoms with Gasteiger partial charge in [-0.2, -0.15) is 18.3 Å². The van der Waals surface area contributed by atoms with Crippen LogP contribution in [0.15, 0.2) is 6.20 Å². The van der Waals surface area contributed by atoms with Crippen LogP contribution in [0, 0.1) is 5.92 Å². The van der Waals surface area contributed by atoms with Crippen LogP contribution in [-0.4, -0.2) is 46.3 Å². The van der Waals surface area contributed by atoms with Crippen LogP contribution in [-0.2, 0) is 13.2 Å². The summed E-state index contributed by atoms with van der Waals surface area (Å²) < 4.78 is 39.9. The Bertz CT molecular complexity index is 562. The number of rotatable bonds is 6. The molecule has 0 aliphatic carbocycles. The van der Waals surface area contributed by atoms with Crippen molar-refractivity contribution in [2.24, 2.45) is 13.0 Å². The van der Waals surface area contributed by atoms with E-state index in [-0.39, 0.29) is 6.04 Å². The van der Waals surface area contributed by atoms with Crippen LogP contribution >= 0.6 is 0 Å². The Morgan fingerprint density at radius 3 is 2.50 bits per heavy atom. The number of halogens is 3. The molecule has 0 bridgehead atoms. The van der Waals surface area contributed by atoms with Gasteiger partial charge in [-0.25, -0.2) is 0 Å². The summed E-state index contributed by atoms with van der Waals surface area (Å²) >= 11 is 0. The molecule has 2 rings (SSSR count). The summed E-state index contributed by atoms with van der Waals surface area (Å²) in [6, 6.07) is 0.155. The Kier molecular flexibility index (Phi) is 5.90. The number of carbonyl (C=O) groups is 1. The fourth-order valence-electron chi connectivity index (χ4n) is 3.18. The highest BCUT2D eigenvalue weighted by Crippen LogP contribution is 2.30. The third kappa shape index (κ3) is 4.72. The summed E-state index contributed by atoms with van der Waals surface area (Å²) in [5, 5.41) is 6.05. The zero-order valence-corrected chi connectivity index (χ0v) is 14.4. The van der Waals surface area contributed by atoms with E-state index in [0.717, 1.165) is 43.2 Å². The number of likely N-dealkylation sites (tertiary alicyclic amines) is 1. The lowest BCUT2D eigenvalue weighted by atomic mass is 10.0. The molecule has 1 amide bonds. The lowest BCUT2D eigenvalue weighted by molar-refractivity contribution is -0.141. The minimum Gasteiger partial charge on any atom is -0.350 e. The molecule has 1 aliphatic heterocycles. The van der Waals surface area contributed by atoms with Gasteiger partial charge in [0.1, 0.15) is 0 Å². The number of nitrogens with one attached hydrogen (secondary N) is 1. The fourth-order valence-corrected chi connectivity index (χ4v) is 3.18. The Hall–Kier alpha value is -1.57. The summed E-state index contributed by atoms with van der Waals surface area (Å²) in [5.41, 5.74) is -1.56. The van der Waals surface area contributed by atoms with E-state index >= 15 is 0 Å². The van der Waals surface area contributed by atoms with Crippen molar-refractivity contribution in [3.05, 3.63) is 17.5 Å². The lowest BCUT2D eigenvalue weighted by Crippen LogP contribution is -2.43. The first-order chi connectivity index (χ1) is 11.2. The van der Waals surface area contributed by atoms with Gasteiger partial charge in [0, 0.05) is 25.8 Å². The molecule has 1 aromatic heterocycles. The van der Waals surface area contributed by atoms with Crippen LogP contribution in [0.2, 0.25) is 0 Å². The Morgan fingerprint density at radius 1 is 1.33 bits per heavy atom. The predicted octanol–water partition coefficient (Wildman–Crippen LogP) is 2.68. The SMILES string of the molecule is CC(C)C[C@@H](CNC(=O)c1cn(C)nc1C(F)(F)F)N1CCCC1. The van der Waals surface area contributed by atoms with Crippen LogP contribution in [0.5, 0.6) is 0 Å². The molecule has 0 aromatic carbocycles. The maximum atomic E-state index is 13.0. The van der Waals surface area contributed by atoms with Gasteiger partial charge in [0.25, 0.3) is 5.91 Å². The second kappa shape index (κ2) is 7.55. The molecular weight excluding hydrogens is 321 g/mol. The average Bonchev–Trinajstić information content (AvgIpc) is 3.11. The van der Waals surface area contributed by atoms with Gasteiger partial charge >= 0.3 is 6.18 Å². The molecule has 1 N–H and O–H groups in total. The number of carbonyl (C=O) groups excluding carboxylic acids is 1. The quantitative estimate of drug-likeness (QED) is 0.862. The van der Waals surface area contributed by atoms with Crippen LogP contribution in [0.3, 0.4) is 0 Å². The van der Waals surface area contributed by atoms with E-state index in [4.69, 9.17) is 0 Å². The van der Waals surface area contributed by atoms with E-state index in [9.17, 15) is 18.0 Å². The van der Waals surface area contributed by atoms with Gasteiger partial charge in [-0.15, -0.1) is 0 Å². The van der Waals surface area contributed by atoms with Crippen molar-refractivity contribution in [3.63, 3.8) is 0 Å². The molecule has 5 nitrogen and oxygen atoms in total. The highest BCUT2D eigenvalue weighted by Gasteiger charge is 2.39. The van der Waals surface area contributed by atoms with Crippen molar-refractivity contribution >= 4 is 5.91 Å². The third-order valence-electron chi connectivity index (χ3n) is 4.24. The average molecular weight is 346 g/mol. The van der Waals surface area contributed by atoms with Gasteiger partial charge in [0.15, 0.2) is 5.69 Å². The first-order valence-corrected chi connectivity index (χ1v) is 8.31. The number of hydrogen-bond acceptors (Lipinski definition) is 3. The monoisotopic (exact) mass is 346 g/mol. The summed E-state index contributed by atoms with van der Waals surface area (Å²) in [6.07, 6.45) is -0.363. The molecule has 1 saturated heterocycles. The van der Waals surface area contributed by atoms with Crippen LogP contribution in [0.4, 0.5) is 13.2 Å². The number of amides is 1. The Balaban J connectivity index is 2.05. The van der Waals surface area contributed by atoms with E-state index in [2.05, 4.69) is 29.2 Å². The van der Waals surface area contributed by atoms with Gasteiger partial charge in [-0.1, -0.05) is 13.8 Å². The van der Waals surface area contributed by atoms with E-state index in [1.165, 1.54) is 7.05 Å². The fraction of sp³-hybridized carbons (Fsp3) is 0.750. The maximum absolute atomic E-state index is 13.0. The van der Waals surface area contributed by atoms with Gasteiger partial charge in [-0.05, 0) is 38.3 Å². The molecule has 0 saturated carbocycles. The Morgan fingerprint density at radius 2 is 1.96 bits per heavy atom. The first-order valence-electron chi connectivity index (χ1n) is 8.31. The van der Waals surface area contributed by atoms with Gasteiger partial charge in [0.2, 0.25) is 0 Å². The second-order valence-corrected chi connectivity index (χ2v) is 6.80. The predicted molar refractivity (Wildman–Crippen MR) is 84.6 cm³/mol. The largest absolute Gasteiger partial charge is 0.435 e. The van der Waals surface area contributed by atoms with E-state index in [1.54, 1.807) is 0 Å². The molecule has 1 aromatic rings. The summed E-state index contributed by atoms with van der Waals surface area (Å²) in [6.45, 7) is 6.52. The minimum absolute atomic E-state index is 0.155. The zero-order chi connectivity index (χ0) is 17.9. The molecule has 2 heterocycles. The van der Waals surface area contributed by atoms with Crippen molar-refractivity contribution in [3.8, 4) is 0 Å². The number of aromatic nitrogens is 2. The molecule has 0 spiro atoms. The minimum atomic E-state index is -4.64. The van der Waals surface area contributed by atoms with Crippen molar-refractivity contribution in [1.29, 1.82) is 0 Å². The first kappa shape index (κ1) is 18.8. The smallest absolute Gasteiger partial charge is 0.350 e. The Labute approximate surface area is 140 Å². The normalized spacial score (nSPS) is 17.5. The van der Waals surface area contributed by atoms with Gasteiger partial charge < -0.3 is 5.32 Å². The second-order valence-electron chi connectivity index (χ2n) is 6.80. The summed E-state index contributed by atoms with van der Waals surface area (Å²) in [7, 11) is 1.37. The summed E-state index contributed by atoms with van der Waals surface area (Å²) in [4.78, 5) is 14.6. The molecular formula is C16H25F3N4O. The molecule has 0 radical (unpaired) electrons. The van der Waals surface area contributed by atoms with E-state index in [0.29, 0.717) is 12.5 Å². The number of hydrogen-bond donors (Lipinski definition) is 1. The van der Waals surface area contributed by atoms with Crippen LogP contribution in [0.1, 0.15) is 49.2 Å². The van der Waals surface area contributed by atoms with E-state index in [1.807, 2.05) is 0 Å². The highest BCUT2D eigenvalue weighted by molar-refractivity contribution is 5.95. The molecule has 1 aliphatic rings. The third-order valence-corrected chi connectivity index (χ3v) is 4.24. The van der Waals surface area contributed by atoms with Crippen molar-refractivity contribution in [2.75, 3.05) is 19.6 Å². The van der Waals surface area contributed by atoms with Crippen molar-refractivity contribution in [2.45, 2.75) is 45.3 Å². The zero-order valence-electron chi connectivity index (χ0n) is 14.4. The number of nitrogens with zero attached hydrogens (tertiary/aromatic N) is 3. The maximum Gasteiger partial charge on any atom is 0.435 e. The number of aryl methyl sites for hydroxylation is 1. The standard InChI is InChI=1S/C16H25F3N4O/c1-11(2)8-12(23-6-4-5-7-23)9-20-15(24)13-10-22(3)21-14(13)16(17,18)19/h10-12H,4-9H2,1-3H3,(H,20,24)/t12-/m0/s1. The molecule has 1 atom stereocenters. The van der Waals surface area contributed by atoms with Gasteiger partial charge in [-0.3, -0.25) is 14.4 Å². The van der Waals surface area contributed by atoms with Crippen molar-refractivity contribution < 1.29 is 18.0 Å². The number of alkyl halides is 3. The molecule has 1 fully saturated rings. The molecule has 8 heteroatoms. The van der Waals surface area contributed by atoms with E-state index < -0.39 is 23.3 Å². The molecule has 136 valence electrons. The highest BCUT2D eigenvalue weighted by atomic mass is 19.4. The van der Waals surface area contributed by atoms with Crippen molar-refractivity contribution in [1.82, 2.24) is 20.0 Å². The molecule has 24 heavy (non-hydrogen) atoms. The van der Waals surface area contributed by atoms with Crippen LogP contribution < -0.4 is 5.32 Å². The van der Waals surface area contributed by atoms with Crippen LogP contribution in [0.25, 0.3) is 0 Å². The topological polar surface area (TPSA) is 50.2 Å². The summed E-state index contributed by atoms with van der Waals surface area (Å²) in [5.74, 6) is -0.264. The molecule has 0 unspecified atom stereocenters. The van der Waals surface area contributed by atoms with Gasteiger partial charge in [0.05, 0.1) is 5.56 Å².